The first kappa shape index (κ1) is 15.9. The molecule has 1 atom stereocenters. The van der Waals surface area contributed by atoms with Crippen molar-refractivity contribution >= 4 is 17.7 Å². The molecule has 3 rings (SSSR count). The SMILES string of the molecule is O=C1CSC(CCc2ccccc2)N1CCCN1CCCC1. The fourth-order valence-corrected chi connectivity index (χ4v) is 4.60. The Balaban J connectivity index is 1.44. The molecule has 0 spiro atoms. The Labute approximate surface area is 138 Å². The average molecular weight is 318 g/mol. The summed E-state index contributed by atoms with van der Waals surface area (Å²) in [5.41, 5.74) is 1.37. The number of aryl methyl sites for hydroxylation is 1. The predicted molar refractivity (Wildman–Crippen MR) is 93.0 cm³/mol. The summed E-state index contributed by atoms with van der Waals surface area (Å²) in [5.74, 6) is 1.01. The van der Waals surface area contributed by atoms with Gasteiger partial charge in [-0.15, -0.1) is 11.8 Å². The van der Waals surface area contributed by atoms with E-state index in [1.54, 1.807) is 0 Å². The summed E-state index contributed by atoms with van der Waals surface area (Å²) in [6.07, 6.45) is 5.95. The minimum atomic E-state index is 0.337. The average Bonchev–Trinajstić information content (AvgIpc) is 3.18. The molecule has 1 unspecified atom stereocenters. The molecule has 2 aliphatic rings. The highest BCUT2D eigenvalue weighted by Crippen LogP contribution is 2.28. The molecule has 0 radical (unpaired) electrons. The van der Waals surface area contributed by atoms with Gasteiger partial charge in [0, 0.05) is 6.54 Å². The molecule has 120 valence electrons. The highest BCUT2D eigenvalue weighted by Gasteiger charge is 2.30. The molecule has 4 heteroatoms. The maximum Gasteiger partial charge on any atom is 0.233 e. The van der Waals surface area contributed by atoms with Crippen LogP contribution in [-0.2, 0) is 11.2 Å². The van der Waals surface area contributed by atoms with Crippen LogP contribution in [0.1, 0.15) is 31.2 Å². The Morgan fingerprint density at radius 3 is 2.64 bits per heavy atom. The quantitative estimate of drug-likeness (QED) is 0.772. The van der Waals surface area contributed by atoms with E-state index in [9.17, 15) is 4.79 Å². The van der Waals surface area contributed by atoms with Crippen molar-refractivity contribution in [3.05, 3.63) is 35.9 Å². The normalized spacial score (nSPS) is 22.6. The molecule has 1 aromatic rings. The lowest BCUT2D eigenvalue weighted by Crippen LogP contribution is -2.35. The molecule has 22 heavy (non-hydrogen) atoms. The molecular formula is C18H26N2OS. The standard InChI is InChI=1S/C18H26N2OS/c21-17-15-22-18(10-9-16-7-2-1-3-8-16)20(17)14-6-13-19-11-4-5-12-19/h1-3,7-8,18H,4-6,9-15H2. The zero-order valence-corrected chi connectivity index (χ0v) is 14.1. The Morgan fingerprint density at radius 1 is 1.09 bits per heavy atom. The smallest absolute Gasteiger partial charge is 0.233 e. The third-order valence-electron chi connectivity index (χ3n) is 4.66. The molecule has 1 aromatic carbocycles. The van der Waals surface area contributed by atoms with Crippen LogP contribution in [0.4, 0.5) is 0 Å². The topological polar surface area (TPSA) is 23.6 Å². The van der Waals surface area contributed by atoms with E-state index in [4.69, 9.17) is 0 Å². The van der Waals surface area contributed by atoms with Gasteiger partial charge in [-0.2, -0.15) is 0 Å². The van der Waals surface area contributed by atoms with Crippen molar-refractivity contribution in [2.75, 3.05) is 31.9 Å². The number of benzene rings is 1. The third kappa shape index (κ3) is 4.26. The van der Waals surface area contributed by atoms with Crippen LogP contribution in [0.3, 0.4) is 0 Å². The van der Waals surface area contributed by atoms with Crippen LogP contribution in [0, 0.1) is 0 Å². The number of carbonyl (C=O) groups is 1. The van der Waals surface area contributed by atoms with Gasteiger partial charge in [0.2, 0.25) is 5.91 Å². The van der Waals surface area contributed by atoms with Gasteiger partial charge in [0.1, 0.15) is 0 Å². The van der Waals surface area contributed by atoms with E-state index in [2.05, 4.69) is 40.1 Å². The number of carbonyl (C=O) groups excluding carboxylic acids is 1. The number of thioether (sulfide) groups is 1. The van der Waals surface area contributed by atoms with E-state index in [0.717, 1.165) is 32.4 Å². The van der Waals surface area contributed by atoms with Crippen molar-refractivity contribution in [2.24, 2.45) is 0 Å². The van der Waals surface area contributed by atoms with Crippen LogP contribution >= 0.6 is 11.8 Å². The Kier molecular flexibility index (Phi) is 5.79. The van der Waals surface area contributed by atoms with Crippen LogP contribution in [0.25, 0.3) is 0 Å². The lowest BCUT2D eigenvalue weighted by atomic mass is 10.1. The van der Waals surface area contributed by atoms with Gasteiger partial charge in [-0.3, -0.25) is 4.79 Å². The molecule has 0 N–H and O–H groups in total. The number of amides is 1. The molecule has 0 aliphatic carbocycles. The minimum absolute atomic E-state index is 0.337. The molecule has 1 amide bonds. The molecule has 0 bridgehead atoms. The second-order valence-corrected chi connectivity index (χ2v) is 7.45. The van der Waals surface area contributed by atoms with Crippen LogP contribution < -0.4 is 0 Å². The van der Waals surface area contributed by atoms with E-state index >= 15 is 0 Å². The third-order valence-corrected chi connectivity index (χ3v) is 5.95. The van der Waals surface area contributed by atoms with E-state index in [0.29, 0.717) is 17.0 Å². The van der Waals surface area contributed by atoms with Gasteiger partial charge in [0.05, 0.1) is 11.1 Å². The molecule has 2 aliphatic heterocycles. The van der Waals surface area contributed by atoms with Crippen molar-refractivity contribution in [3.63, 3.8) is 0 Å². The second-order valence-electron chi connectivity index (χ2n) is 6.28. The van der Waals surface area contributed by atoms with Crippen molar-refractivity contribution < 1.29 is 4.79 Å². The van der Waals surface area contributed by atoms with E-state index in [1.807, 2.05) is 11.8 Å². The van der Waals surface area contributed by atoms with Crippen LogP contribution in [0.2, 0.25) is 0 Å². The summed E-state index contributed by atoms with van der Waals surface area (Å²) >= 11 is 1.82. The van der Waals surface area contributed by atoms with Gasteiger partial charge in [0.15, 0.2) is 0 Å². The van der Waals surface area contributed by atoms with E-state index in [1.165, 1.54) is 31.5 Å². The highest BCUT2D eigenvalue weighted by atomic mass is 32.2. The van der Waals surface area contributed by atoms with Crippen molar-refractivity contribution in [1.29, 1.82) is 0 Å². The van der Waals surface area contributed by atoms with Gasteiger partial charge in [-0.1, -0.05) is 30.3 Å². The lowest BCUT2D eigenvalue weighted by Gasteiger charge is -2.25. The Hall–Kier alpha value is -1.00. The van der Waals surface area contributed by atoms with Gasteiger partial charge in [0.25, 0.3) is 0 Å². The molecular weight excluding hydrogens is 292 g/mol. The monoisotopic (exact) mass is 318 g/mol. The van der Waals surface area contributed by atoms with E-state index < -0.39 is 0 Å². The molecule has 2 heterocycles. The highest BCUT2D eigenvalue weighted by molar-refractivity contribution is 8.00. The fraction of sp³-hybridized carbons (Fsp3) is 0.611. The predicted octanol–water partition coefficient (Wildman–Crippen LogP) is 3.01. The van der Waals surface area contributed by atoms with Crippen molar-refractivity contribution in [3.8, 4) is 0 Å². The number of hydrogen-bond donors (Lipinski definition) is 0. The zero-order valence-electron chi connectivity index (χ0n) is 13.2. The van der Waals surface area contributed by atoms with Gasteiger partial charge in [-0.25, -0.2) is 0 Å². The lowest BCUT2D eigenvalue weighted by molar-refractivity contribution is -0.128. The molecule has 0 aromatic heterocycles. The number of rotatable bonds is 7. The number of likely N-dealkylation sites (tertiary alicyclic amines) is 1. The molecule has 3 nitrogen and oxygen atoms in total. The first-order chi connectivity index (χ1) is 10.8. The van der Waals surface area contributed by atoms with Crippen molar-refractivity contribution in [2.45, 2.75) is 37.5 Å². The van der Waals surface area contributed by atoms with Gasteiger partial charge < -0.3 is 9.80 Å². The molecule has 0 saturated carbocycles. The molecule has 2 saturated heterocycles. The Bertz CT molecular complexity index is 473. The summed E-state index contributed by atoms with van der Waals surface area (Å²) in [6, 6.07) is 10.6. The summed E-state index contributed by atoms with van der Waals surface area (Å²) in [6.45, 7) is 4.59. The van der Waals surface area contributed by atoms with E-state index in [-0.39, 0.29) is 0 Å². The van der Waals surface area contributed by atoms with Crippen LogP contribution in [0.15, 0.2) is 30.3 Å². The number of hydrogen-bond acceptors (Lipinski definition) is 3. The van der Waals surface area contributed by atoms with Crippen LogP contribution in [-0.4, -0.2) is 53.0 Å². The maximum absolute atomic E-state index is 12.1. The fourth-order valence-electron chi connectivity index (χ4n) is 3.41. The first-order valence-electron chi connectivity index (χ1n) is 8.50. The van der Waals surface area contributed by atoms with Gasteiger partial charge >= 0.3 is 0 Å². The second kappa shape index (κ2) is 8.02. The zero-order chi connectivity index (χ0) is 15.2. The summed E-state index contributed by atoms with van der Waals surface area (Å²) < 4.78 is 0. The molecule has 2 fully saturated rings. The summed E-state index contributed by atoms with van der Waals surface area (Å²) in [7, 11) is 0. The largest absolute Gasteiger partial charge is 0.330 e. The first-order valence-corrected chi connectivity index (χ1v) is 9.55. The summed E-state index contributed by atoms with van der Waals surface area (Å²) in [5, 5.41) is 0.381. The van der Waals surface area contributed by atoms with Crippen LogP contribution in [0.5, 0.6) is 0 Å². The van der Waals surface area contributed by atoms with Crippen molar-refractivity contribution in [1.82, 2.24) is 9.80 Å². The van der Waals surface area contributed by atoms with Gasteiger partial charge in [-0.05, 0) is 57.3 Å². The Morgan fingerprint density at radius 2 is 1.86 bits per heavy atom. The minimum Gasteiger partial charge on any atom is -0.330 e. The summed E-state index contributed by atoms with van der Waals surface area (Å²) in [4.78, 5) is 16.8. The number of nitrogens with zero attached hydrogens (tertiary/aromatic N) is 2. The maximum atomic E-state index is 12.1.